The molecule has 5 nitrogen and oxygen atoms in total. The van der Waals surface area contributed by atoms with Gasteiger partial charge in [0.2, 0.25) is 0 Å². The molecule has 0 bridgehead atoms. The molecular weight excluding hydrogens is 244 g/mol. The Balaban J connectivity index is 2.30. The minimum atomic E-state index is -0.493. The van der Waals surface area contributed by atoms with E-state index in [1.807, 2.05) is 0 Å². The Morgan fingerprint density at radius 2 is 1.89 bits per heavy atom. The van der Waals surface area contributed by atoms with E-state index in [1.54, 1.807) is 6.07 Å². The van der Waals surface area contributed by atoms with Crippen LogP contribution in [0.4, 0.5) is 11.4 Å². The predicted octanol–water partition coefficient (Wildman–Crippen LogP) is 3.92. The Hall–Kier alpha value is -1.78. The van der Waals surface area contributed by atoms with Gasteiger partial charge >= 0.3 is 0 Å². The summed E-state index contributed by atoms with van der Waals surface area (Å²) in [5, 5.41) is 10.7. The highest BCUT2D eigenvalue weighted by Gasteiger charge is 2.12. The SMILES string of the molecule is CCCCCCCCOc1ccc(N)c([N+](=O)[O-])c1. The van der Waals surface area contributed by atoms with E-state index in [0.29, 0.717) is 12.4 Å². The minimum absolute atomic E-state index is 0.0968. The summed E-state index contributed by atoms with van der Waals surface area (Å²) < 4.78 is 5.50. The van der Waals surface area contributed by atoms with Crippen LogP contribution in [-0.4, -0.2) is 11.5 Å². The van der Waals surface area contributed by atoms with Crippen LogP contribution in [0.2, 0.25) is 0 Å². The first-order chi connectivity index (χ1) is 9.15. The average Bonchev–Trinajstić information content (AvgIpc) is 2.39. The first-order valence-electron chi connectivity index (χ1n) is 6.82. The number of nitrogens with zero attached hydrogens (tertiary/aromatic N) is 1. The molecule has 0 aliphatic heterocycles. The lowest BCUT2D eigenvalue weighted by Crippen LogP contribution is -2.00. The summed E-state index contributed by atoms with van der Waals surface area (Å²) in [7, 11) is 0. The number of anilines is 1. The second kappa shape index (κ2) is 8.34. The molecule has 1 rings (SSSR count). The Labute approximate surface area is 113 Å². The zero-order valence-corrected chi connectivity index (χ0v) is 11.4. The monoisotopic (exact) mass is 266 g/mol. The van der Waals surface area contributed by atoms with Crippen molar-refractivity contribution in [3.8, 4) is 5.75 Å². The van der Waals surface area contributed by atoms with Gasteiger partial charge in [0, 0.05) is 0 Å². The van der Waals surface area contributed by atoms with Crippen LogP contribution in [0.3, 0.4) is 0 Å². The van der Waals surface area contributed by atoms with Crippen molar-refractivity contribution in [1.29, 1.82) is 0 Å². The number of rotatable bonds is 9. The molecule has 0 aliphatic rings. The molecule has 2 N–H and O–H groups in total. The van der Waals surface area contributed by atoms with E-state index >= 15 is 0 Å². The van der Waals surface area contributed by atoms with Gasteiger partial charge in [-0.1, -0.05) is 39.0 Å². The summed E-state index contributed by atoms with van der Waals surface area (Å²) in [6, 6.07) is 4.56. The Bertz CT molecular complexity index is 408. The van der Waals surface area contributed by atoms with Gasteiger partial charge in [-0.2, -0.15) is 0 Å². The fourth-order valence-corrected chi connectivity index (χ4v) is 1.84. The van der Waals surface area contributed by atoms with E-state index in [-0.39, 0.29) is 11.4 Å². The van der Waals surface area contributed by atoms with Crippen molar-refractivity contribution >= 4 is 11.4 Å². The van der Waals surface area contributed by atoms with E-state index < -0.39 is 4.92 Å². The van der Waals surface area contributed by atoms with Crippen LogP contribution in [0.5, 0.6) is 5.75 Å². The maximum absolute atomic E-state index is 10.7. The maximum Gasteiger partial charge on any atom is 0.295 e. The lowest BCUT2D eigenvalue weighted by Gasteiger charge is -2.06. The first kappa shape index (κ1) is 15.3. The maximum atomic E-state index is 10.7. The van der Waals surface area contributed by atoms with E-state index in [1.165, 1.54) is 37.8 Å². The molecule has 1 aromatic carbocycles. The first-order valence-corrected chi connectivity index (χ1v) is 6.82. The number of hydrogen-bond donors (Lipinski definition) is 1. The fourth-order valence-electron chi connectivity index (χ4n) is 1.84. The number of ether oxygens (including phenoxy) is 1. The van der Waals surface area contributed by atoms with Gasteiger partial charge in [-0.25, -0.2) is 0 Å². The number of benzene rings is 1. The number of unbranched alkanes of at least 4 members (excludes halogenated alkanes) is 5. The molecule has 0 saturated heterocycles. The molecule has 0 radical (unpaired) electrons. The van der Waals surface area contributed by atoms with Crippen molar-refractivity contribution in [2.24, 2.45) is 0 Å². The standard InChI is InChI=1S/C14H22N2O3/c1-2-3-4-5-6-7-10-19-12-8-9-13(15)14(11-12)16(17)18/h8-9,11H,2-7,10,15H2,1H3. The van der Waals surface area contributed by atoms with Crippen LogP contribution in [0.1, 0.15) is 45.4 Å². The Morgan fingerprint density at radius 3 is 2.58 bits per heavy atom. The van der Waals surface area contributed by atoms with Crippen molar-refractivity contribution in [1.82, 2.24) is 0 Å². The van der Waals surface area contributed by atoms with Crippen LogP contribution < -0.4 is 10.5 Å². The van der Waals surface area contributed by atoms with Crippen molar-refractivity contribution in [2.45, 2.75) is 45.4 Å². The smallest absolute Gasteiger partial charge is 0.295 e. The summed E-state index contributed by atoms with van der Waals surface area (Å²) in [4.78, 5) is 10.2. The topological polar surface area (TPSA) is 78.4 Å². The summed E-state index contributed by atoms with van der Waals surface area (Å²) in [5.74, 6) is 0.509. The zero-order valence-electron chi connectivity index (χ0n) is 11.4. The van der Waals surface area contributed by atoms with Crippen molar-refractivity contribution in [3.05, 3.63) is 28.3 Å². The van der Waals surface area contributed by atoms with Gasteiger partial charge in [-0.3, -0.25) is 10.1 Å². The minimum Gasteiger partial charge on any atom is -0.493 e. The second-order valence-corrected chi connectivity index (χ2v) is 4.59. The summed E-state index contributed by atoms with van der Waals surface area (Å²) in [6.45, 7) is 2.78. The third kappa shape index (κ3) is 5.59. The number of nitrogen functional groups attached to an aromatic ring is 1. The highest BCUT2D eigenvalue weighted by Crippen LogP contribution is 2.26. The quantitative estimate of drug-likeness (QED) is 0.318. The highest BCUT2D eigenvalue weighted by molar-refractivity contribution is 5.60. The molecule has 0 amide bonds. The number of nitro benzene ring substituents is 1. The van der Waals surface area contributed by atoms with Crippen LogP contribution in [0.25, 0.3) is 0 Å². The van der Waals surface area contributed by atoms with Crippen LogP contribution >= 0.6 is 0 Å². The third-order valence-electron chi connectivity index (χ3n) is 2.97. The van der Waals surface area contributed by atoms with Gasteiger partial charge in [-0.15, -0.1) is 0 Å². The van der Waals surface area contributed by atoms with E-state index in [4.69, 9.17) is 10.5 Å². The van der Waals surface area contributed by atoms with Gasteiger partial charge in [0.1, 0.15) is 11.4 Å². The van der Waals surface area contributed by atoms with E-state index in [2.05, 4.69) is 6.92 Å². The molecule has 0 unspecified atom stereocenters. The van der Waals surface area contributed by atoms with Gasteiger partial charge in [0.15, 0.2) is 0 Å². The molecule has 106 valence electrons. The molecule has 0 saturated carbocycles. The molecule has 0 aliphatic carbocycles. The summed E-state index contributed by atoms with van der Waals surface area (Å²) >= 11 is 0. The molecular formula is C14H22N2O3. The molecule has 0 aromatic heterocycles. The Kier molecular flexibility index (Phi) is 6.71. The number of nitro groups is 1. The highest BCUT2D eigenvalue weighted by atomic mass is 16.6. The lowest BCUT2D eigenvalue weighted by atomic mass is 10.1. The molecule has 5 heteroatoms. The second-order valence-electron chi connectivity index (χ2n) is 4.59. The van der Waals surface area contributed by atoms with E-state index in [9.17, 15) is 10.1 Å². The molecule has 0 atom stereocenters. The normalized spacial score (nSPS) is 10.4. The zero-order chi connectivity index (χ0) is 14.1. The van der Waals surface area contributed by atoms with Crippen molar-refractivity contribution in [2.75, 3.05) is 12.3 Å². The molecule has 0 spiro atoms. The molecule has 1 aromatic rings. The largest absolute Gasteiger partial charge is 0.493 e. The van der Waals surface area contributed by atoms with Gasteiger partial charge in [0.05, 0.1) is 17.6 Å². The average molecular weight is 266 g/mol. The van der Waals surface area contributed by atoms with Crippen LogP contribution in [-0.2, 0) is 0 Å². The van der Waals surface area contributed by atoms with Crippen molar-refractivity contribution in [3.63, 3.8) is 0 Å². The molecule has 19 heavy (non-hydrogen) atoms. The fraction of sp³-hybridized carbons (Fsp3) is 0.571. The van der Waals surface area contributed by atoms with E-state index in [0.717, 1.165) is 12.8 Å². The third-order valence-corrected chi connectivity index (χ3v) is 2.97. The van der Waals surface area contributed by atoms with Crippen LogP contribution in [0.15, 0.2) is 18.2 Å². The van der Waals surface area contributed by atoms with Crippen LogP contribution in [0, 0.1) is 10.1 Å². The number of hydrogen-bond acceptors (Lipinski definition) is 4. The summed E-state index contributed by atoms with van der Waals surface area (Å²) in [6.07, 6.45) is 7.12. The molecule has 0 heterocycles. The lowest BCUT2D eigenvalue weighted by molar-refractivity contribution is -0.384. The molecule has 0 fully saturated rings. The predicted molar refractivity (Wildman–Crippen MR) is 76.4 cm³/mol. The van der Waals surface area contributed by atoms with Crippen molar-refractivity contribution < 1.29 is 9.66 Å². The van der Waals surface area contributed by atoms with Gasteiger partial charge < -0.3 is 10.5 Å². The number of nitrogens with two attached hydrogens (primary N) is 1. The van der Waals surface area contributed by atoms with Gasteiger partial charge in [0.25, 0.3) is 5.69 Å². The summed E-state index contributed by atoms with van der Waals surface area (Å²) in [5.41, 5.74) is 5.58. The van der Waals surface area contributed by atoms with Gasteiger partial charge in [-0.05, 0) is 18.6 Å². The Morgan fingerprint density at radius 1 is 1.21 bits per heavy atom.